The number of hydrogen-bond acceptors (Lipinski definition) is 4. The van der Waals surface area contributed by atoms with Crippen LogP contribution in [0.1, 0.15) is 31.9 Å². The summed E-state index contributed by atoms with van der Waals surface area (Å²) in [5, 5.41) is 0.619. The Balaban J connectivity index is 1.75. The van der Waals surface area contributed by atoms with E-state index in [1.807, 2.05) is 19.1 Å². The first kappa shape index (κ1) is 23.0. The molecule has 2 rings (SSSR count). The van der Waals surface area contributed by atoms with E-state index in [1.54, 1.807) is 24.3 Å². The predicted molar refractivity (Wildman–Crippen MR) is 116 cm³/mol. The van der Waals surface area contributed by atoms with Crippen LogP contribution in [0.4, 0.5) is 0 Å². The molecule has 0 atom stereocenters. The number of benzene rings is 2. The van der Waals surface area contributed by atoms with Gasteiger partial charge in [-0.1, -0.05) is 38.4 Å². The first-order valence-corrected chi connectivity index (χ1v) is 10.1. The topological polar surface area (TPSA) is 76.7 Å². The molecule has 2 N–H and O–H groups in total. The van der Waals surface area contributed by atoms with E-state index < -0.39 is 11.8 Å². The zero-order valence-electron chi connectivity index (χ0n) is 16.8. The Labute approximate surface area is 184 Å². The van der Waals surface area contributed by atoms with E-state index in [0.29, 0.717) is 16.5 Å². The van der Waals surface area contributed by atoms with Crippen LogP contribution in [0.3, 0.4) is 0 Å². The lowest BCUT2D eigenvalue weighted by Crippen LogP contribution is -2.45. The Kier molecular flexibility index (Phi) is 7.93. The molecule has 2 aromatic carbocycles. The van der Waals surface area contributed by atoms with Crippen molar-refractivity contribution < 1.29 is 19.1 Å². The van der Waals surface area contributed by atoms with Crippen LogP contribution >= 0.6 is 27.5 Å². The lowest BCUT2D eigenvalue weighted by atomic mass is 9.87. The molecule has 0 aliphatic heterocycles. The molecule has 0 radical (unpaired) electrons. The van der Waals surface area contributed by atoms with Crippen LogP contribution in [0.15, 0.2) is 40.9 Å². The van der Waals surface area contributed by atoms with E-state index >= 15 is 0 Å². The maximum Gasteiger partial charge on any atom is 0.276 e. The third-order valence-electron chi connectivity index (χ3n) is 4.00. The predicted octanol–water partition coefficient (Wildman–Crippen LogP) is 4.31. The van der Waals surface area contributed by atoms with Gasteiger partial charge in [0.2, 0.25) is 0 Å². The van der Waals surface area contributed by atoms with Crippen LogP contribution in [0.25, 0.3) is 0 Å². The maximum atomic E-state index is 11.9. The highest BCUT2D eigenvalue weighted by atomic mass is 79.9. The Bertz CT molecular complexity index is 897. The monoisotopic (exact) mass is 482 g/mol. The molecule has 0 unspecified atom stereocenters. The molecule has 2 amide bonds. The van der Waals surface area contributed by atoms with Crippen molar-refractivity contribution in [1.29, 1.82) is 0 Å². The van der Waals surface area contributed by atoms with E-state index in [4.69, 9.17) is 21.1 Å². The van der Waals surface area contributed by atoms with E-state index in [-0.39, 0.29) is 18.6 Å². The Morgan fingerprint density at radius 3 is 2.17 bits per heavy atom. The van der Waals surface area contributed by atoms with E-state index in [1.165, 1.54) is 0 Å². The summed E-state index contributed by atoms with van der Waals surface area (Å²) in [6.45, 7) is 7.69. The minimum atomic E-state index is -0.498. The van der Waals surface area contributed by atoms with E-state index in [0.717, 1.165) is 15.6 Å². The minimum absolute atomic E-state index is 0.00941. The van der Waals surface area contributed by atoms with Crippen molar-refractivity contribution in [3.63, 3.8) is 0 Å². The fraction of sp³-hybridized carbons (Fsp3) is 0.333. The number of hydrogen-bond donors (Lipinski definition) is 2. The average Bonchev–Trinajstić information content (AvgIpc) is 2.65. The zero-order valence-corrected chi connectivity index (χ0v) is 19.1. The maximum absolute atomic E-state index is 11.9. The lowest BCUT2D eigenvalue weighted by Gasteiger charge is -2.20. The summed E-state index contributed by atoms with van der Waals surface area (Å²) in [4.78, 5) is 23.7. The molecule has 0 bridgehead atoms. The van der Waals surface area contributed by atoms with Crippen molar-refractivity contribution >= 4 is 39.3 Å². The van der Waals surface area contributed by atoms with Gasteiger partial charge >= 0.3 is 0 Å². The van der Waals surface area contributed by atoms with Gasteiger partial charge in [0, 0.05) is 5.02 Å². The molecular formula is C21H24BrClN2O4. The van der Waals surface area contributed by atoms with Crippen LogP contribution in [0.2, 0.25) is 5.02 Å². The first-order valence-electron chi connectivity index (χ1n) is 8.95. The second-order valence-corrected chi connectivity index (χ2v) is 8.74. The van der Waals surface area contributed by atoms with Gasteiger partial charge in [0.25, 0.3) is 11.8 Å². The van der Waals surface area contributed by atoms with Crippen LogP contribution in [0, 0.1) is 6.92 Å². The quantitative estimate of drug-likeness (QED) is 0.600. The van der Waals surface area contributed by atoms with Crippen LogP contribution in [-0.4, -0.2) is 25.0 Å². The number of rotatable bonds is 6. The largest absolute Gasteiger partial charge is 0.484 e. The molecule has 0 saturated heterocycles. The summed E-state index contributed by atoms with van der Waals surface area (Å²) in [6.07, 6.45) is 0. The molecule has 8 heteroatoms. The molecule has 0 spiro atoms. The minimum Gasteiger partial charge on any atom is -0.484 e. The zero-order chi connectivity index (χ0) is 21.6. The van der Waals surface area contributed by atoms with E-state index in [9.17, 15) is 9.59 Å². The van der Waals surface area contributed by atoms with Gasteiger partial charge in [-0.05, 0) is 69.7 Å². The molecular weight excluding hydrogens is 460 g/mol. The summed E-state index contributed by atoms with van der Waals surface area (Å²) in [7, 11) is 0. The third kappa shape index (κ3) is 7.25. The normalized spacial score (nSPS) is 11.0. The standard InChI is InChI=1S/C21H24BrClN2O4/c1-13-9-15(6-7-17(13)23)28-11-19(26)24-25-20(27)12-29-18-8-5-14(10-16(18)22)21(2,3)4/h5-10H,11-12H2,1-4H3,(H,24,26)(H,25,27). The fourth-order valence-electron chi connectivity index (χ4n) is 2.30. The van der Waals surface area contributed by atoms with Gasteiger partial charge < -0.3 is 9.47 Å². The number of halogens is 2. The number of hydrazine groups is 1. The molecule has 0 aromatic heterocycles. The number of carbonyl (C=O) groups excluding carboxylic acids is 2. The van der Waals surface area contributed by atoms with Crippen LogP contribution in [0.5, 0.6) is 11.5 Å². The van der Waals surface area contributed by atoms with Gasteiger partial charge in [-0.2, -0.15) is 0 Å². The fourth-order valence-corrected chi connectivity index (χ4v) is 2.91. The number of ether oxygens (including phenoxy) is 2. The number of carbonyl (C=O) groups is 2. The van der Waals surface area contributed by atoms with Crippen molar-refractivity contribution in [3.05, 3.63) is 57.0 Å². The SMILES string of the molecule is Cc1cc(OCC(=O)NNC(=O)COc2ccc(C(C)(C)C)cc2Br)ccc1Cl. The Hall–Kier alpha value is -2.25. The molecule has 0 fully saturated rings. The summed E-state index contributed by atoms with van der Waals surface area (Å²) in [5.41, 5.74) is 6.56. The van der Waals surface area contributed by atoms with Gasteiger partial charge in [-0.3, -0.25) is 20.4 Å². The van der Waals surface area contributed by atoms with Gasteiger partial charge in [0.15, 0.2) is 13.2 Å². The van der Waals surface area contributed by atoms with Gasteiger partial charge in [-0.15, -0.1) is 0 Å². The van der Waals surface area contributed by atoms with Crippen molar-refractivity contribution in [2.45, 2.75) is 33.1 Å². The number of aryl methyl sites for hydroxylation is 1. The average molecular weight is 484 g/mol. The lowest BCUT2D eigenvalue weighted by molar-refractivity contribution is -0.131. The summed E-state index contributed by atoms with van der Waals surface area (Å²) in [5.74, 6) is 0.0651. The first-order chi connectivity index (χ1) is 13.6. The molecule has 29 heavy (non-hydrogen) atoms. The highest BCUT2D eigenvalue weighted by molar-refractivity contribution is 9.10. The van der Waals surface area contributed by atoms with Crippen molar-refractivity contribution in [1.82, 2.24) is 10.9 Å². The van der Waals surface area contributed by atoms with E-state index in [2.05, 4.69) is 47.6 Å². The molecule has 0 saturated carbocycles. The smallest absolute Gasteiger partial charge is 0.276 e. The second kappa shape index (κ2) is 9.98. The molecule has 2 aromatic rings. The van der Waals surface area contributed by atoms with Gasteiger partial charge in [0.1, 0.15) is 11.5 Å². The molecule has 0 heterocycles. The van der Waals surface area contributed by atoms with Crippen LogP contribution < -0.4 is 20.3 Å². The molecule has 0 aliphatic carbocycles. The highest BCUT2D eigenvalue weighted by Gasteiger charge is 2.16. The van der Waals surface area contributed by atoms with Crippen LogP contribution in [-0.2, 0) is 15.0 Å². The van der Waals surface area contributed by atoms with Crippen molar-refractivity contribution in [2.75, 3.05) is 13.2 Å². The summed E-state index contributed by atoms with van der Waals surface area (Å²) < 4.78 is 11.6. The van der Waals surface area contributed by atoms with Crippen molar-refractivity contribution in [3.8, 4) is 11.5 Å². The highest BCUT2D eigenvalue weighted by Crippen LogP contribution is 2.31. The third-order valence-corrected chi connectivity index (χ3v) is 5.04. The van der Waals surface area contributed by atoms with Gasteiger partial charge in [0.05, 0.1) is 4.47 Å². The summed E-state index contributed by atoms with van der Waals surface area (Å²) >= 11 is 9.39. The Morgan fingerprint density at radius 1 is 1.00 bits per heavy atom. The molecule has 156 valence electrons. The van der Waals surface area contributed by atoms with Gasteiger partial charge in [-0.25, -0.2) is 0 Å². The summed E-state index contributed by atoms with van der Waals surface area (Å²) in [6, 6.07) is 10.8. The Morgan fingerprint density at radius 2 is 1.62 bits per heavy atom. The molecule has 6 nitrogen and oxygen atoms in total. The number of amides is 2. The van der Waals surface area contributed by atoms with Crippen molar-refractivity contribution in [2.24, 2.45) is 0 Å². The molecule has 0 aliphatic rings. The number of nitrogens with one attached hydrogen (secondary N) is 2. The second-order valence-electron chi connectivity index (χ2n) is 7.48.